The van der Waals surface area contributed by atoms with Crippen molar-refractivity contribution in [3.05, 3.63) is 58.6 Å². The number of fused-ring (bicyclic) bond motifs is 1. The molecule has 0 bridgehead atoms. The molecule has 0 aliphatic carbocycles. The average Bonchev–Trinajstić information content (AvgIpc) is 2.64. The third kappa shape index (κ3) is 4.64. The van der Waals surface area contributed by atoms with E-state index in [1.54, 1.807) is 24.3 Å². The molecule has 1 aliphatic rings. The minimum atomic E-state index is -0.423. The van der Waals surface area contributed by atoms with E-state index < -0.39 is 5.91 Å². The van der Waals surface area contributed by atoms with Gasteiger partial charge in [0.25, 0.3) is 5.91 Å². The molecule has 2 aromatic carbocycles. The van der Waals surface area contributed by atoms with Crippen molar-refractivity contribution in [3.8, 4) is 11.5 Å². The van der Waals surface area contributed by atoms with Crippen LogP contribution in [-0.4, -0.2) is 25.0 Å². The number of benzene rings is 2. The van der Waals surface area contributed by atoms with Gasteiger partial charge in [0.1, 0.15) is 13.2 Å². The van der Waals surface area contributed by atoms with Gasteiger partial charge in [-0.25, -0.2) is 0 Å². The van der Waals surface area contributed by atoms with Crippen molar-refractivity contribution in [1.29, 1.82) is 0 Å². The summed E-state index contributed by atoms with van der Waals surface area (Å²) < 4.78 is 10.8. The monoisotopic (exact) mass is 360 g/mol. The smallest absolute Gasteiger partial charge is 0.269 e. The van der Waals surface area contributed by atoms with Gasteiger partial charge in [0.05, 0.1) is 0 Å². The van der Waals surface area contributed by atoms with Gasteiger partial charge in [0, 0.05) is 17.0 Å². The van der Waals surface area contributed by atoms with Gasteiger partial charge < -0.3 is 9.47 Å². The van der Waals surface area contributed by atoms with Crippen LogP contribution in [0.4, 0.5) is 0 Å². The average molecular weight is 361 g/mol. The maximum Gasteiger partial charge on any atom is 0.269 e. The summed E-state index contributed by atoms with van der Waals surface area (Å²) in [6.45, 7) is 0.930. The molecule has 130 valence electrons. The molecule has 1 heterocycles. The molecule has 1 aliphatic heterocycles. The molecule has 0 spiro atoms. The number of carbonyl (C=O) groups excluding carboxylic acids is 2. The second-order valence-corrected chi connectivity index (χ2v) is 5.93. The molecule has 0 saturated heterocycles. The molecule has 6 nitrogen and oxygen atoms in total. The van der Waals surface area contributed by atoms with Crippen LogP contribution in [0.5, 0.6) is 11.5 Å². The number of amides is 2. The Morgan fingerprint density at radius 2 is 1.80 bits per heavy atom. The molecular formula is C18H17ClN2O4. The number of hydrogen-bond donors (Lipinski definition) is 2. The Morgan fingerprint density at radius 3 is 2.60 bits per heavy atom. The Bertz CT molecular complexity index is 794. The van der Waals surface area contributed by atoms with Crippen molar-refractivity contribution in [2.45, 2.75) is 12.8 Å². The lowest BCUT2D eigenvalue weighted by atomic mass is 10.1. The van der Waals surface area contributed by atoms with Gasteiger partial charge in [0.2, 0.25) is 5.91 Å². The molecule has 0 atom stereocenters. The molecular weight excluding hydrogens is 344 g/mol. The molecule has 0 saturated carbocycles. The first kappa shape index (κ1) is 17.1. The lowest BCUT2D eigenvalue weighted by Gasteiger charge is -2.18. The van der Waals surface area contributed by atoms with Crippen molar-refractivity contribution in [2.24, 2.45) is 0 Å². The Labute approximate surface area is 150 Å². The summed E-state index contributed by atoms with van der Waals surface area (Å²) in [6, 6.07) is 12.2. The molecule has 3 rings (SSSR count). The number of hydrazine groups is 1. The molecule has 2 N–H and O–H groups in total. The summed E-state index contributed by atoms with van der Waals surface area (Å²) in [7, 11) is 0. The van der Waals surface area contributed by atoms with E-state index in [1.165, 1.54) is 0 Å². The fourth-order valence-corrected chi connectivity index (χ4v) is 2.61. The predicted octanol–water partition coefficient (Wildman–Crippen LogP) is 2.50. The zero-order chi connectivity index (χ0) is 17.6. The minimum absolute atomic E-state index is 0.238. The number of halogens is 1. The highest BCUT2D eigenvalue weighted by molar-refractivity contribution is 6.30. The Balaban J connectivity index is 1.49. The fraction of sp³-hybridized carbons (Fsp3) is 0.222. The zero-order valence-electron chi connectivity index (χ0n) is 13.4. The first-order valence-corrected chi connectivity index (χ1v) is 8.23. The summed E-state index contributed by atoms with van der Waals surface area (Å²) in [5.74, 6) is 0.415. The second kappa shape index (κ2) is 7.90. The summed E-state index contributed by atoms with van der Waals surface area (Å²) in [6.07, 6.45) is 0.772. The standard InChI is InChI=1S/C18H17ClN2O4/c19-14-3-1-2-12(10-14)4-7-17(22)20-21-18(23)13-5-6-15-16(11-13)25-9-8-24-15/h1-3,5-6,10-11H,4,7-9H2,(H,20,22)(H,21,23). The normalized spacial score (nSPS) is 12.4. The lowest BCUT2D eigenvalue weighted by molar-refractivity contribution is -0.121. The van der Waals surface area contributed by atoms with Gasteiger partial charge in [-0.2, -0.15) is 0 Å². The van der Waals surface area contributed by atoms with Crippen LogP contribution in [0.1, 0.15) is 22.3 Å². The van der Waals surface area contributed by atoms with E-state index in [4.69, 9.17) is 21.1 Å². The predicted molar refractivity (Wildman–Crippen MR) is 92.8 cm³/mol. The SMILES string of the molecule is O=C(CCc1cccc(Cl)c1)NNC(=O)c1ccc2c(c1)OCCO2. The third-order valence-corrected chi connectivity index (χ3v) is 3.88. The molecule has 0 radical (unpaired) electrons. The van der Waals surface area contributed by atoms with Crippen LogP contribution < -0.4 is 20.3 Å². The number of nitrogens with one attached hydrogen (secondary N) is 2. The van der Waals surface area contributed by atoms with E-state index in [0.29, 0.717) is 41.7 Å². The largest absolute Gasteiger partial charge is 0.486 e. The second-order valence-electron chi connectivity index (χ2n) is 5.49. The van der Waals surface area contributed by atoms with Gasteiger partial charge in [-0.15, -0.1) is 0 Å². The molecule has 25 heavy (non-hydrogen) atoms. The number of ether oxygens (including phenoxy) is 2. The molecule has 7 heteroatoms. The van der Waals surface area contributed by atoms with Crippen LogP contribution in [-0.2, 0) is 11.2 Å². The van der Waals surface area contributed by atoms with E-state index in [2.05, 4.69) is 10.9 Å². The van der Waals surface area contributed by atoms with E-state index in [1.807, 2.05) is 18.2 Å². The first-order chi connectivity index (χ1) is 12.1. The summed E-state index contributed by atoms with van der Waals surface area (Å²) >= 11 is 5.90. The van der Waals surface area contributed by atoms with Crippen molar-refractivity contribution in [2.75, 3.05) is 13.2 Å². The topological polar surface area (TPSA) is 76.7 Å². The summed E-state index contributed by atoms with van der Waals surface area (Å²) in [4.78, 5) is 24.0. The lowest BCUT2D eigenvalue weighted by Crippen LogP contribution is -2.41. The van der Waals surface area contributed by atoms with E-state index in [-0.39, 0.29) is 12.3 Å². The van der Waals surface area contributed by atoms with Crippen molar-refractivity contribution < 1.29 is 19.1 Å². The Kier molecular flexibility index (Phi) is 5.40. The maximum atomic E-state index is 12.1. The fourth-order valence-electron chi connectivity index (χ4n) is 2.40. The number of hydrogen-bond acceptors (Lipinski definition) is 4. The highest BCUT2D eigenvalue weighted by atomic mass is 35.5. The summed E-state index contributed by atoms with van der Waals surface area (Å²) in [5.41, 5.74) is 6.13. The molecule has 0 unspecified atom stereocenters. The number of carbonyl (C=O) groups is 2. The molecule has 2 aromatic rings. The van der Waals surface area contributed by atoms with Crippen LogP contribution in [0.3, 0.4) is 0 Å². The Hall–Kier alpha value is -2.73. The van der Waals surface area contributed by atoms with Crippen molar-refractivity contribution in [1.82, 2.24) is 10.9 Å². The van der Waals surface area contributed by atoms with Crippen molar-refractivity contribution in [3.63, 3.8) is 0 Å². The van der Waals surface area contributed by atoms with E-state index in [0.717, 1.165) is 5.56 Å². The Morgan fingerprint density at radius 1 is 1.00 bits per heavy atom. The maximum absolute atomic E-state index is 12.1. The number of aryl methyl sites for hydroxylation is 1. The van der Waals surface area contributed by atoms with Crippen LogP contribution in [0.15, 0.2) is 42.5 Å². The highest BCUT2D eigenvalue weighted by Crippen LogP contribution is 2.30. The van der Waals surface area contributed by atoms with Crippen LogP contribution in [0.2, 0.25) is 5.02 Å². The molecule has 0 fully saturated rings. The zero-order valence-corrected chi connectivity index (χ0v) is 14.1. The van der Waals surface area contributed by atoms with Gasteiger partial charge >= 0.3 is 0 Å². The van der Waals surface area contributed by atoms with Gasteiger partial charge in [0.15, 0.2) is 11.5 Å². The minimum Gasteiger partial charge on any atom is -0.486 e. The van der Waals surface area contributed by atoms with Crippen molar-refractivity contribution >= 4 is 23.4 Å². The quantitative estimate of drug-likeness (QED) is 0.821. The first-order valence-electron chi connectivity index (χ1n) is 7.85. The van der Waals surface area contributed by atoms with E-state index >= 15 is 0 Å². The summed E-state index contributed by atoms with van der Waals surface area (Å²) in [5, 5.41) is 0.629. The molecule has 2 amide bonds. The van der Waals surface area contributed by atoms with Gasteiger partial charge in [-0.3, -0.25) is 20.4 Å². The van der Waals surface area contributed by atoms with Gasteiger partial charge in [-0.05, 0) is 42.3 Å². The number of rotatable bonds is 4. The van der Waals surface area contributed by atoms with Gasteiger partial charge in [-0.1, -0.05) is 23.7 Å². The van der Waals surface area contributed by atoms with Crippen LogP contribution >= 0.6 is 11.6 Å². The highest BCUT2D eigenvalue weighted by Gasteiger charge is 2.15. The third-order valence-electron chi connectivity index (χ3n) is 3.65. The van der Waals surface area contributed by atoms with E-state index in [9.17, 15) is 9.59 Å². The van der Waals surface area contributed by atoms with Crippen LogP contribution in [0.25, 0.3) is 0 Å². The molecule has 0 aromatic heterocycles. The van der Waals surface area contributed by atoms with Crippen LogP contribution in [0, 0.1) is 0 Å².